The molecule has 6 heteroatoms. The monoisotopic (exact) mass is 359 g/mol. The molecule has 1 N–H and O–H groups in total. The first-order valence-corrected chi connectivity index (χ1v) is 9.61. The highest BCUT2D eigenvalue weighted by molar-refractivity contribution is 8.00. The fourth-order valence-corrected chi connectivity index (χ4v) is 4.13. The maximum Gasteiger partial charge on any atom is 0.265 e. The Hall–Kier alpha value is -1.89. The van der Waals surface area contributed by atoms with Crippen LogP contribution in [0.4, 0.5) is 5.69 Å². The molecule has 0 atom stereocenters. The molecule has 116 valence electrons. The molecule has 2 aromatic heterocycles. The van der Waals surface area contributed by atoms with Gasteiger partial charge in [0.05, 0.1) is 15.5 Å². The second-order valence-electron chi connectivity index (χ2n) is 4.65. The summed E-state index contributed by atoms with van der Waals surface area (Å²) in [5, 5.41) is 6.65. The average Bonchev–Trinajstić information content (AvgIpc) is 3.25. The zero-order valence-corrected chi connectivity index (χ0v) is 14.5. The number of Topliss-reactive ketones (excluding diaryl/α,β-unsaturated/α-hetero) is 1. The highest BCUT2D eigenvalue weighted by Gasteiger charge is 2.09. The van der Waals surface area contributed by atoms with Gasteiger partial charge in [-0.2, -0.15) is 0 Å². The molecule has 0 spiro atoms. The van der Waals surface area contributed by atoms with Gasteiger partial charge in [-0.25, -0.2) is 0 Å². The lowest BCUT2D eigenvalue weighted by atomic mass is 10.3. The molecule has 0 saturated heterocycles. The summed E-state index contributed by atoms with van der Waals surface area (Å²) < 4.78 is 0. The van der Waals surface area contributed by atoms with Crippen LogP contribution in [0.1, 0.15) is 19.3 Å². The minimum absolute atomic E-state index is 0.114. The molecule has 1 amide bonds. The number of anilines is 1. The van der Waals surface area contributed by atoms with E-state index in [0.29, 0.717) is 10.6 Å². The maximum atomic E-state index is 12.0. The summed E-state index contributed by atoms with van der Waals surface area (Å²) in [4.78, 5) is 26.5. The van der Waals surface area contributed by atoms with Crippen molar-refractivity contribution >= 4 is 51.8 Å². The minimum Gasteiger partial charge on any atom is -0.321 e. The van der Waals surface area contributed by atoms with Gasteiger partial charge in [-0.15, -0.1) is 34.4 Å². The first-order chi connectivity index (χ1) is 11.2. The molecule has 2 heterocycles. The molecule has 0 unspecified atom stereocenters. The van der Waals surface area contributed by atoms with Crippen LogP contribution in [0.5, 0.6) is 0 Å². The van der Waals surface area contributed by atoms with E-state index >= 15 is 0 Å². The van der Waals surface area contributed by atoms with Gasteiger partial charge in [-0.1, -0.05) is 18.2 Å². The summed E-state index contributed by atoms with van der Waals surface area (Å²) >= 11 is 4.34. The van der Waals surface area contributed by atoms with E-state index in [2.05, 4.69) is 5.32 Å². The second kappa shape index (κ2) is 7.59. The van der Waals surface area contributed by atoms with Gasteiger partial charge in [0.2, 0.25) is 0 Å². The van der Waals surface area contributed by atoms with Crippen LogP contribution in [0.15, 0.2) is 64.2 Å². The maximum absolute atomic E-state index is 12.0. The van der Waals surface area contributed by atoms with Gasteiger partial charge in [-0.3, -0.25) is 9.59 Å². The Labute approximate surface area is 146 Å². The van der Waals surface area contributed by atoms with Crippen LogP contribution in [0.2, 0.25) is 0 Å². The Kier molecular flexibility index (Phi) is 5.27. The second-order valence-corrected chi connectivity index (χ2v) is 7.59. The van der Waals surface area contributed by atoms with Crippen LogP contribution >= 0.6 is 34.4 Å². The number of amides is 1. The number of nitrogens with one attached hydrogen (secondary N) is 1. The number of benzene rings is 1. The van der Waals surface area contributed by atoms with E-state index in [-0.39, 0.29) is 11.7 Å². The Balaban J connectivity index is 1.61. The summed E-state index contributed by atoms with van der Waals surface area (Å²) in [6.45, 7) is 0. The van der Waals surface area contributed by atoms with E-state index in [1.54, 1.807) is 6.07 Å². The van der Waals surface area contributed by atoms with Gasteiger partial charge in [0.25, 0.3) is 5.91 Å². The number of carbonyl (C=O) groups excluding carboxylic acids is 2. The first kappa shape index (κ1) is 16.0. The Morgan fingerprint density at radius 1 is 0.957 bits per heavy atom. The predicted octanol–water partition coefficient (Wildman–Crippen LogP) is 5.04. The standard InChI is InChI=1S/C17H13NO2S3/c19-14(15-6-2-8-21-15)11-23-13-5-1-4-12(10-13)18-17(20)16-7-3-9-22-16/h1-10H,11H2,(H,18,20). The number of hydrogen-bond acceptors (Lipinski definition) is 5. The zero-order chi connectivity index (χ0) is 16.1. The van der Waals surface area contributed by atoms with Gasteiger partial charge in [0.1, 0.15) is 0 Å². The molecular formula is C17H13NO2S3. The number of carbonyl (C=O) groups is 2. The van der Waals surface area contributed by atoms with Crippen LogP contribution in [0.3, 0.4) is 0 Å². The molecule has 0 bridgehead atoms. The van der Waals surface area contributed by atoms with Crippen molar-refractivity contribution < 1.29 is 9.59 Å². The number of ketones is 1. The summed E-state index contributed by atoms with van der Waals surface area (Å²) in [5.41, 5.74) is 0.733. The number of hydrogen-bond donors (Lipinski definition) is 1. The zero-order valence-electron chi connectivity index (χ0n) is 12.0. The van der Waals surface area contributed by atoms with Crippen LogP contribution < -0.4 is 5.32 Å². The molecule has 1 aromatic carbocycles. The summed E-state index contributed by atoms with van der Waals surface area (Å²) in [6.07, 6.45) is 0. The van der Waals surface area contributed by atoms with E-state index in [4.69, 9.17) is 0 Å². The minimum atomic E-state index is -0.114. The lowest BCUT2D eigenvalue weighted by molar-refractivity contribution is 0.101. The lowest BCUT2D eigenvalue weighted by Gasteiger charge is -2.06. The highest BCUT2D eigenvalue weighted by atomic mass is 32.2. The molecule has 0 radical (unpaired) electrons. The van der Waals surface area contributed by atoms with Crippen molar-refractivity contribution in [1.29, 1.82) is 0 Å². The number of rotatable bonds is 6. The van der Waals surface area contributed by atoms with Gasteiger partial charge in [0, 0.05) is 10.6 Å². The van der Waals surface area contributed by atoms with E-state index in [9.17, 15) is 9.59 Å². The number of thioether (sulfide) groups is 1. The third-order valence-electron chi connectivity index (χ3n) is 3.00. The van der Waals surface area contributed by atoms with Crippen LogP contribution in [-0.2, 0) is 0 Å². The molecule has 0 fully saturated rings. The Morgan fingerprint density at radius 2 is 1.70 bits per heavy atom. The summed E-state index contributed by atoms with van der Waals surface area (Å²) in [6, 6.07) is 14.9. The smallest absolute Gasteiger partial charge is 0.265 e. The molecular weight excluding hydrogens is 346 g/mol. The van der Waals surface area contributed by atoms with E-state index in [1.807, 2.05) is 53.2 Å². The molecule has 3 rings (SSSR count). The molecule has 0 saturated carbocycles. The third kappa shape index (κ3) is 4.31. The van der Waals surface area contributed by atoms with Crippen molar-refractivity contribution in [3.05, 3.63) is 69.0 Å². The van der Waals surface area contributed by atoms with E-state index in [0.717, 1.165) is 15.5 Å². The molecule has 0 aliphatic heterocycles. The molecule has 0 aliphatic rings. The van der Waals surface area contributed by atoms with E-state index in [1.165, 1.54) is 34.4 Å². The van der Waals surface area contributed by atoms with Crippen LogP contribution in [0, 0.1) is 0 Å². The van der Waals surface area contributed by atoms with Gasteiger partial charge in [-0.05, 0) is 41.1 Å². The van der Waals surface area contributed by atoms with Crippen molar-refractivity contribution in [2.24, 2.45) is 0 Å². The van der Waals surface area contributed by atoms with Crippen molar-refractivity contribution in [2.75, 3.05) is 11.1 Å². The molecule has 23 heavy (non-hydrogen) atoms. The predicted molar refractivity (Wildman–Crippen MR) is 98.1 cm³/mol. The van der Waals surface area contributed by atoms with Crippen molar-refractivity contribution in [2.45, 2.75) is 4.90 Å². The van der Waals surface area contributed by atoms with Gasteiger partial charge < -0.3 is 5.32 Å². The largest absolute Gasteiger partial charge is 0.321 e. The normalized spacial score (nSPS) is 10.4. The highest BCUT2D eigenvalue weighted by Crippen LogP contribution is 2.24. The van der Waals surface area contributed by atoms with Gasteiger partial charge >= 0.3 is 0 Å². The molecule has 3 aromatic rings. The SMILES string of the molecule is O=C(CSc1cccc(NC(=O)c2cccs2)c1)c1cccs1. The molecule has 0 aliphatic carbocycles. The third-order valence-corrected chi connectivity index (χ3v) is 5.78. The lowest BCUT2D eigenvalue weighted by Crippen LogP contribution is -2.09. The summed E-state index contributed by atoms with van der Waals surface area (Å²) in [5.74, 6) is 0.401. The fraction of sp³-hybridized carbons (Fsp3) is 0.0588. The Bertz CT molecular complexity index is 795. The van der Waals surface area contributed by atoms with Gasteiger partial charge in [0.15, 0.2) is 5.78 Å². The van der Waals surface area contributed by atoms with Crippen molar-refractivity contribution in [1.82, 2.24) is 0 Å². The van der Waals surface area contributed by atoms with Crippen LogP contribution in [-0.4, -0.2) is 17.4 Å². The van der Waals surface area contributed by atoms with Crippen LogP contribution in [0.25, 0.3) is 0 Å². The quantitative estimate of drug-likeness (QED) is 0.495. The summed E-state index contributed by atoms with van der Waals surface area (Å²) in [7, 11) is 0. The fourth-order valence-electron chi connectivity index (χ4n) is 1.92. The number of thiophene rings is 2. The molecule has 3 nitrogen and oxygen atoms in total. The Morgan fingerprint density at radius 3 is 2.39 bits per heavy atom. The van der Waals surface area contributed by atoms with E-state index < -0.39 is 0 Å². The topological polar surface area (TPSA) is 46.2 Å². The first-order valence-electron chi connectivity index (χ1n) is 6.87. The average molecular weight is 359 g/mol. The van der Waals surface area contributed by atoms with Crippen molar-refractivity contribution in [3.8, 4) is 0 Å². The van der Waals surface area contributed by atoms with Crippen molar-refractivity contribution in [3.63, 3.8) is 0 Å².